The van der Waals surface area contributed by atoms with Gasteiger partial charge in [0.15, 0.2) is 0 Å². The zero-order valence-corrected chi connectivity index (χ0v) is 19.9. The SMILES string of the molecule is Cc1ccc(C(=O)Nc2ccc(C(=O)N3Cc4ccc(Cl)n4Cc4ccccc43)cc2)c(Cl)c1. The molecule has 4 aromatic rings. The van der Waals surface area contributed by atoms with Crippen molar-refractivity contribution in [3.8, 4) is 0 Å². The van der Waals surface area contributed by atoms with Crippen molar-refractivity contribution < 1.29 is 9.59 Å². The Balaban J connectivity index is 1.39. The van der Waals surface area contributed by atoms with Gasteiger partial charge in [0, 0.05) is 22.6 Å². The summed E-state index contributed by atoms with van der Waals surface area (Å²) in [6, 6.07) is 23.8. The maximum absolute atomic E-state index is 13.5. The highest BCUT2D eigenvalue weighted by Crippen LogP contribution is 2.31. The molecule has 7 heteroatoms. The first-order valence-corrected chi connectivity index (χ1v) is 11.6. The molecule has 0 radical (unpaired) electrons. The molecule has 1 N–H and O–H groups in total. The molecule has 0 atom stereocenters. The smallest absolute Gasteiger partial charge is 0.258 e. The Bertz CT molecular complexity index is 1410. The first-order chi connectivity index (χ1) is 16.4. The lowest BCUT2D eigenvalue weighted by molar-refractivity contribution is 0.0983. The second-order valence-electron chi connectivity index (χ2n) is 8.27. The van der Waals surface area contributed by atoms with Gasteiger partial charge < -0.3 is 14.8 Å². The highest BCUT2D eigenvalue weighted by Gasteiger charge is 2.25. The average molecular weight is 490 g/mol. The van der Waals surface area contributed by atoms with Gasteiger partial charge in [0.2, 0.25) is 0 Å². The minimum absolute atomic E-state index is 0.127. The molecule has 5 nitrogen and oxygen atoms in total. The summed E-state index contributed by atoms with van der Waals surface area (Å²) in [6.07, 6.45) is 0. The maximum Gasteiger partial charge on any atom is 0.258 e. The summed E-state index contributed by atoms with van der Waals surface area (Å²) in [5, 5.41) is 3.88. The summed E-state index contributed by atoms with van der Waals surface area (Å²) in [5.74, 6) is -0.430. The van der Waals surface area contributed by atoms with E-state index >= 15 is 0 Å². The standard InChI is InChI=1S/C27H21Cl2N3O2/c1-17-6-12-22(23(28)14-17)26(33)30-20-9-7-18(8-10-20)27(34)32-16-21-11-13-25(29)31(21)15-19-4-2-3-5-24(19)32/h2-14H,15-16H2,1H3,(H,30,33). The summed E-state index contributed by atoms with van der Waals surface area (Å²) < 4.78 is 2.02. The molecule has 3 aromatic carbocycles. The van der Waals surface area contributed by atoms with Gasteiger partial charge in [-0.05, 0) is 72.6 Å². The molecule has 0 saturated heterocycles. The van der Waals surface area contributed by atoms with Crippen LogP contribution in [0.25, 0.3) is 0 Å². The van der Waals surface area contributed by atoms with E-state index in [9.17, 15) is 9.59 Å². The Kier molecular flexibility index (Phi) is 5.90. The molecule has 0 aliphatic carbocycles. The number of carbonyl (C=O) groups excluding carboxylic acids is 2. The molecule has 0 spiro atoms. The van der Waals surface area contributed by atoms with Crippen LogP contribution in [-0.2, 0) is 13.1 Å². The van der Waals surface area contributed by atoms with Crippen molar-refractivity contribution in [1.82, 2.24) is 4.57 Å². The number of para-hydroxylation sites is 1. The number of rotatable bonds is 3. The average Bonchev–Trinajstić information content (AvgIpc) is 3.07. The molecule has 5 rings (SSSR count). The number of hydrogen-bond acceptors (Lipinski definition) is 2. The second-order valence-corrected chi connectivity index (χ2v) is 9.06. The van der Waals surface area contributed by atoms with E-state index in [1.54, 1.807) is 41.3 Å². The first-order valence-electron chi connectivity index (χ1n) is 10.8. The third-order valence-corrected chi connectivity index (χ3v) is 6.60. The Hall–Kier alpha value is -3.54. The van der Waals surface area contributed by atoms with Crippen LogP contribution in [0, 0.1) is 6.92 Å². The van der Waals surface area contributed by atoms with Crippen LogP contribution in [0.2, 0.25) is 10.2 Å². The lowest BCUT2D eigenvalue weighted by Crippen LogP contribution is -2.30. The molecule has 0 bridgehead atoms. The number of benzene rings is 3. The van der Waals surface area contributed by atoms with E-state index in [4.69, 9.17) is 23.2 Å². The van der Waals surface area contributed by atoms with E-state index < -0.39 is 0 Å². The molecular formula is C27H21Cl2N3O2. The van der Waals surface area contributed by atoms with Crippen LogP contribution in [0.1, 0.15) is 37.5 Å². The van der Waals surface area contributed by atoms with Gasteiger partial charge in [-0.3, -0.25) is 9.59 Å². The minimum Gasteiger partial charge on any atom is -0.330 e. The van der Waals surface area contributed by atoms with Gasteiger partial charge in [-0.15, -0.1) is 0 Å². The van der Waals surface area contributed by atoms with Gasteiger partial charge in [-0.2, -0.15) is 0 Å². The van der Waals surface area contributed by atoms with Gasteiger partial charge in [0.1, 0.15) is 5.15 Å². The molecule has 0 saturated carbocycles. The van der Waals surface area contributed by atoms with Crippen molar-refractivity contribution in [3.63, 3.8) is 0 Å². The quantitative estimate of drug-likeness (QED) is 0.354. The van der Waals surface area contributed by atoms with E-state index in [0.717, 1.165) is 22.5 Å². The van der Waals surface area contributed by atoms with Crippen LogP contribution >= 0.6 is 23.2 Å². The molecule has 0 unspecified atom stereocenters. The van der Waals surface area contributed by atoms with Crippen LogP contribution in [0.5, 0.6) is 0 Å². The molecule has 1 aliphatic rings. The molecule has 170 valence electrons. The van der Waals surface area contributed by atoms with E-state index in [-0.39, 0.29) is 11.8 Å². The van der Waals surface area contributed by atoms with Crippen molar-refractivity contribution in [2.24, 2.45) is 0 Å². The lowest BCUT2D eigenvalue weighted by Gasteiger charge is -2.23. The van der Waals surface area contributed by atoms with Crippen LogP contribution in [0.3, 0.4) is 0 Å². The molecule has 2 heterocycles. The minimum atomic E-state index is -0.303. The van der Waals surface area contributed by atoms with Gasteiger partial charge in [0.05, 0.1) is 23.7 Å². The predicted molar refractivity (Wildman–Crippen MR) is 136 cm³/mol. The van der Waals surface area contributed by atoms with Crippen LogP contribution < -0.4 is 10.2 Å². The van der Waals surface area contributed by atoms with Crippen molar-refractivity contribution in [1.29, 1.82) is 0 Å². The van der Waals surface area contributed by atoms with Crippen molar-refractivity contribution in [2.45, 2.75) is 20.0 Å². The second kappa shape index (κ2) is 9.01. The van der Waals surface area contributed by atoms with E-state index in [0.29, 0.717) is 40.1 Å². The Morgan fingerprint density at radius 1 is 0.882 bits per heavy atom. The van der Waals surface area contributed by atoms with E-state index in [1.165, 1.54) is 0 Å². The Morgan fingerprint density at radius 2 is 1.65 bits per heavy atom. The summed E-state index contributed by atoms with van der Waals surface area (Å²) >= 11 is 12.6. The zero-order chi connectivity index (χ0) is 23.8. The number of halogens is 2. The number of anilines is 2. The number of aryl methyl sites for hydroxylation is 1. The molecule has 2 amide bonds. The highest BCUT2D eigenvalue weighted by molar-refractivity contribution is 6.34. The lowest BCUT2D eigenvalue weighted by atomic mass is 10.1. The summed E-state index contributed by atoms with van der Waals surface area (Å²) in [7, 11) is 0. The Morgan fingerprint density at radius 3 is 2.41 bits per heavy atom. The summed E-state index contributed by atoms with van der Waals surface area (Å²) in [4.78, 5) is 27.9. The zero-order valence-electron chi connectivity index (χ0n) is 18.4. The number of fused-ring (bicyclic) bond motifs is 2. The molecular weight excluding hydrogens is 469 g/mol. The number of amides is 2. The van der Waals surface area contributed by atoms with Crippen molar-refractivity contribution >= 4 is 46.4 Å². The number of carbonyl (C=O) groups is 2. The first kappa shape index (κ1) is 22.3. The number of hydrogen-bond donors (Lipinski definition) is 1. The summed E-state index contributed by atoms with van der Waals surface area (Å²) in [5.41, 5.74) is 5.32. The number of nitrogens with zero attached hydrogens (tertiary/aromatic N) is 2. The normalized spacial score (nSPS) is 12.5. The third kappa shape index (κ3) is 4.20. The van der Waals surface area contributed by atoms with E-state index in [1.807, 2.05) is 54.0 Å². The molecule has 0 fully saturated rings. The van der Waals surface area contributed by atoms with Gasteiger partial charge in [0.25, 0.3) is 11.8 Å². The summed E-state index contributed by atoms with van der Waals surface area (Å²) in [6.45, 7) is 2.93. The van der Waals surface area contributed by atoms with Gasteiger partial charge in [-0.1, -0.05) is 47.5 Å². The molecule has 1 aromatic heterocycles. The highest BCUT2D eigenvalue weighted by atomic mass is 35.5. The fraction of sp³-hybridized carbons (Fsp3) is 0.111. The maximum atomic E-state index is 13.5. The van der Waals surface area contributed by atoms with Gasteiger partial charge in [-0.25, -0.2) is 0 Å². The van der Waals surface area contributed by atoms with Crippen LogP contribution in [0.4, 0.5) is 11.4 Å². The van der Waals surface area contributed by atoms with Gasteiger partial charge >= 0.3 is 0 Å². The molecule has 34 heavy (non-hydrogen) atoms. The fourth-order valence-corrected chi connectivity index (χ4v) is 4.71. The van der Waals surface area contributed by atoms with Crippen LogP contribution in [-0.4, -0.2) is 16.4 Å². The van der Waals surface area contributed by atoms with E-state index in [2.05, 4.69) is 5.32 Å². The predicted octanol–water partition coefficient (Wildman–Crippen LogP) is 6.56. The molecule has 1 aliphatic heterocycles. The largest absolute Gasteiger partial charge is 0.330 e. The fourth-order valence-electron chi connectivity index (χ4n) is 4.16. The Labute approximate surface area is 207 Å². The topological polar surface area (TPSA) is 54.3 Å². The van der Waals surface area contributed by atoms with Crippen molar-refractivity contribution in [2.75, 3.05) is 10.2 Å². The van der Waals surface area contributed by atoms with Crippen molar-refractivity contribution in [3.05, 3.63) is 117 Å². The number of aromatic nitrogens is 1. The third-order valence-electron chi connectivity index (χ3n) is 5.95. The number of nitrogens with one attached hydrogen (secondary N) is 1. The van der Waals surface area contributed by atoms with Crippen LogP contribution in [0.15, 0.2) is 78.9 Å². The monoisotopic (exact) mass is 489 g/mol.